The standard InChI is InChI=1S/C28H32FIN2O7/c1-3-25(35)32(9-7-17-5-4-6-20(29)11-17)22-14-19(28(37)31-8-10-33)15-23(26(22)36)39-27-21(30)12-18(16-34)13-24(27)38-2/h4-6,11-13,15-16,22-23,26,33,36H,3,7-10,14H2,1-2H3,(H,31,37)/t22-,23+,26+/m1/s1. The summed E-state index contributed by atoms with van der Waals surface area (Å²) in [6.45, 7) is 1.67. The van der Waals surface area contributed by atoms with Crippen LogP contribution >= 0.6 is 22.6 Å². The molecule has 39 heavy (non-hydrogen) atoms. The highest BCUT2D eigenvalue weighted by Crippen LogP contribution is 2.37. The van der Waals surface area contributed by atoms with Gasteiger partial charge < -0.3 is 29.9 Å². The average Bonchev–Trinajstić information content (AvgIpc) is 2.93. The Hall–Kier alpha value is -3.03. The van der Waals surface area contributed by atoms with Crippen molar-refractivity contribution >= 4 is 40.7 Å². The Morgan fingerprint density at radius 1 is 1.28 bits per heavy atom. The molecule has 0 bridgehead atoms. The number of nitrogens with zero attached hydrogens (tertiary/aromatic N) is 1. The predicted molar refractivity (Wildman–Crippen MR) is 150 cm³/mol. The molecule has 2 amide bonds. The van der Waals surface area contributed by atoms with E-state index in [9.17, 15) is 23.9 Å². The van der Waals surface area contributed by atoms with Gasteiger partial charge in [0, 0.05) is 37.1 Å². The lowest BCUT2D eigenvalue weighted by Gasteiger charge is -2.40. The van der Waals surface area contributed by atoms with Gasteiger partial charge in [-0.25, -0.2) is 4.39 Å². The molecule has 11 heteroatoms. The molecule has 3 rings (SSSR count). The van der Waals surface area contributed by atoms with Gasteiger partial charge in [0.05, 0.1) is 23.3 Å². The molecule has 2 aromatic carbocycles. The molecule has 0 fully saturated rings. The van der Waals surface area contributed by atoms with Crippen molar-refractivity contribution in [1.82, 2.24) is 10.2 Å². The van der Waals surface area contributed by atoms with Crippen LogP contribution in [0.4, 0.5) is 4.39 Å². The van der Waals surface area contributed by atoms with E-state index in [0.29, 0.717) is 27.4 Å². The number of hydrogen-bond acceptors (Lipinski definition) is 7. The van der Waals surface area contributed by atoms with Gasteiger partial charge >= 0.3 is 0 Å². The number of methoxy groups -OCH3 is 1. The maximum Gasteiger partial charge on any atom is 0.247 e. The monoisotopic (exact) mass is 654 g/mol. The van der Waals surface area contributed by atoms with E-state index in [1.54, 1.807) is 25.1 Å². The van der Waals surface area contributed by atoms with E-state index in [0.717, 1.165) is 0 Å². The molecule has 1 aliphatic rings. The smallest absolute Gasteiger partial charge is 0.247 e. The Bertz CT molecular complexity index is 1220. The van der Waals surface area contributed by atoms with Crippen LogP contribution in [0.2, 0.25) is 0 Å². The Morgan fingerprint density at radius 2 is 2.05 bits per heavy atom. The second kappa shape index (κ2) is 14.4. The summed E-state index contributed by atoms with van der Waals surface area (Å²) in [7, 11) is 1.42. The molecule has 0 saturated carbocycles. The molecule has 0 radical (unpaired) electrons. The van der Waals surface area contributed by atoms with Crippen LogP contribution in [0.1, 0.15) is 35.7 Å². The number of hydrogen-bond donors (Lipinski definition) is 3. The first-order chi connectivity index (χ1) is 18.7. The molecule has 3 N–H and O–H groups in total. The fraction of sp³-hybridized carbons (Fsp3) is 0.393. The minimum absolute atomic E-state index is 0.0327. The first-order valence-corrected chi connectivity index (χ1v) is 13.6. The molecule has 210 valence electrons. The molecule has 2 aromatic rings. The summed E-state index contributed by atoms with van der Waals surface area (Å²) >= 11 is 1.99. The van der Waals surface area contributed by atoms with Crippen LogP contribution in [-0.4, -0.2) is 78.3 Å². The van der Waals surface area contributed by atoms with E-state index < -0.39 is 24.2 Å². The molecule has 0 heterocycles. The number of aldehydes is 1. The van der Waals surface area contributed by atoms with Crippen molar-refractivity contribution < 1.29 is 38.5 Å². The van der Waals surface area contributed by atoms with E-state index in [-0.39, 0.29) is 61.3 Å². The third-order valence-electron chi connectivity index (χ3n) is 6.41. The van der Waals surface area contributed by atoms with Crippen LogP contribution in [0, 0.1) is 9.39 Å². The average molecular weight is 654 g/mol. The lowest BCUT2D eigenvalue weighted by Crippen LogP contribution is -2.55. The third-order valence-corrected chi connectivity index (χ3v) is 7.21. The number of nitrogens with one attached hydrogen (secondary N) is 1. The van der Waals surface area contributed by atoms with Crippen LogP contribution in [-0.2, 0) is 16.0 Å². The van der Waals surface area contributed by atoms with Crippen molar-refractivity contribution in [3.05, 3.63) is 68.6 Å². The summed E-state index contributed by atoms with van der Waals surface area (Å²) in [4.78, 5) is 38.8. The normalized spacial score (nSPS) is 18.6. The summed E-state index contributed by atoms with van der Waals surface area (Å²) < 4.78 is 25.9. The van der Waals surface area contributed by atoms with Crippen molar-refractivity contribution in [2.75, 3.05) is 26.8 Å². The lowest BCUT2D eigenvalue weighted by atomic mass is 9.87. The van der Waals surface area contributed by atoms with Gasteiger partial charge in [0.25, 0.3) is 0 Å². The molecule has 3 atom stereocenters. The molecule has 0 unspecified atom stereocenters. The zero-order chi connectivity index (χ0) is 28.5. The Balaban J connectivity index is 1.97. The minimum atomic E-state index is -1.23. The second-order valence-electron chi connectivity index (χ2n) is 8.99. The fourth-order valence-electron chi connectivity index (χ4n) is 4.46. The third kappa shape index (κ3) is 7.76. The van der Waals surface area contributed by atoms with E-state index in [4.69, 9.17) is 14.6 Å². The van der Waals surface area contributed by atoms with Crippen molar-refractivity contribution in [1.29, 1.82) is 0 Å². The summed E-state index contributed by atoms with van der Waals surface area (Å²) in [6.07, 6.45) is 0.442. The lowest BCUT2D eigenvalue weighted by molar-refractivity contribution is -0.138. The number of benzene rings is 2. The number of amides is 2. The van der Waals surface area contributed by atoms with Crippen LogP contribution in [0.3, 0.4) is 0 Å². The number of aliphatic hydroxyl groups is 2. The van der Waals surface area contributed by atoms with E-state index in [1.165, 1.54) is 36.3 Å². The molecular formula is C28H32FIN2O7. The zero-order valence-electron chi connectivity index (χ0n) is 21.7. The first-order valence-electron chi connectivity index (χ1n) is 12.5. The maximum atomic E-state index is 13.7. The van der Waals surface area contributed by atoms with Gasteiger partial charge in [-0.05, 0) is 64.9 Å². The summed E-state index contributed by atoms with van der Waals surface area (Å²) in [5, 5.41) is 23.3. The van der Waals surface area contributed by atoms with Crippen LogP contribution < -0.4 is 14.8 Å². The quantitative estimate of drug-likeness (QED) is 0.238. The fourth-order valence-corrected chi connectivity index (χ4v) is 5.21. The number of ether oxygens (including phenoxy) is 2. The highest BCUT2D eigenvalue weighted by atomic mass is 127. The van der Waals surface area contributed by atoms with Gasteiger partial charge in [-0.3, -0.25) is 14.4 Å². The van der Waals surface area contributed by atoms with Crippen molar-refractivity contribution in [3.63, 3.8) is 0 Å². The van der Waals surface area contributed by atoms with Gasteiger partial charge in [-0.15, -0.1) is 0 Å². The van der Waals surface area contributed by atoms with Gasteiger partial charge in [-0.1, -0.05) is 19.1 Å². The highest BCUT2D eigenvalue weighted by Gasteiger charge is 2.40. The van der Waals surface area contributed by atoms with E-state index in [1.807, 2.05) is 22.6 Å². The number of halogens is 2. The molecule has 0 spiro atoms. The number of carbonyl (C=O) groups excluding carboxylic acids is 3. The molecule has 9 nitrogen and oxygen atoms in total. The topological polar surface area (TPSA) is 125 Å². The minimum Gasteiger partial charge on any atom is -0.493 e. The molecule has 1 aliphatic carbocycles. The Morgan fingerprint density at radius 3 is 2.69 bits per heavy atom. The van der Waals surface area contributed by atoms with Crippen LogP contribution in [0.5, 0.6) is 11.5 Å². The zero-order valence-corrected chi connectivity index (χ0v) is 23.9. The van der Waals surface area contributed by atoms with E-state index in [2.05, 4.69) is 5.32 Å². The predicted octanol–water partition coefficient (Wildman–Crippen LogP) is 2.65. The first kappa shape index (κ1) is 30.5. The van der Waals surface area contributed by atoms with Crippen molar-refractivity contribution in [2.45, 2.75) is 44.4 Å². The number of carbonyl (C=O) groups is 3. The van der Waals surface area contributed by atoms with Gasteiger partial charge in [0.2, 0.25) is 11.8 Å². The van der Waals surface area contributed by atoms with E-state index >= 15 is 0 Å². The van der Waals surface area contributed by atoms with Crippen LogP contribution in [0.25, 0.3) is 0 Å². The summed E-state index contributed by atoms with van der Waals surface area (Å²) in [6, 6.07) is 8.35. The van der Waals surface area contributed by atoms with Gasteiger partial charge in [0.1, 0.15) is 24.3 Å². The molecular weight excluding hydrogens is 622 g/mol. The summed E-state index contributed by atoms with van der Waals surface area (Å²) in [5.41, 5.74) is 1.34. The number of aliphatic hydroxyl groups excluding tert-OH is 2. The Kier molecular flexibility index (Phi) is 11.3. The van der Waals surface area contributed by atoms with Gasteiger partial charge in [-0.2, -0.15) is 0 Å². The van der Waals surface area contributed by atoms with Gasteiger partial charge in [0.15, 0.2) is 11.5 Å². The van der Waals surface area contributed by atoms with Crippen molar-refractivity contribution in [3.8, 4) is 11.5 Å². The highest BCUT2D eigenvalue weighted by molar-refractivity contribution is 14.1. The molecule has 0 saturated heterocycles. The largest absolute Gasteiger partial charge is 0.493 e. The maximum absolute atomic E-state index is 13.7. The molecule has 0 aliphatic heterocycles. The van der Waals surface area contributed by atoms with Crippen LogP contribution in [0.15, 0.2) is 48.0 Å². The SMILES string of the molecule is CCC(=O)N(CCc1cccc(F)c1)[C@@H]1CC(C(=O)NCCO)=C[C@H](Oc2c(I)cc(C=O)cc2OC)[C@H]1O. The second-order valence-corrected chi connectivity index (χ2v) is 10.2. The molecule has 0 aromatic heterocycles. The summed E-state index contributed by atoms with van der Waals surface area (Å²) in [5.74, 6) is -0.546. The number of rotatable bonds is 12. The van der Waals surface area contributed by atoms with Crippen molar-refractivity contribution in [2.24, 2.45) is 0 Å². The Labute approximate surface area is 240 Å².